The van der Waals surface area contributed by atoms with Crippen LogP contribution in [0.3, 0.4) is 0 Å². The molecule has 0 aliphatic rings. The number of hydrogen-bond donors (Lipinski definition) is 1. The first-order valence-corrected chi connectivity index (χ1v) is 7.35. The van der Waals surface area contributed by atoms with Crippen LogP contribution in [-0.2, 0) is 13.1 Å². The zero-order valence-electron chi connectivity index (χ0n) is 12.7. The number of anilines is 1. The summed E-state index contributed by atoms with van der Waals surface area (Å²) < 4.78 is 15.0. The summed E-state index contributed by atoms with van der Waals surface area (Å²) in [5, 5.41) is 18.3. The average molecular weight is 326 g/mol. The summed E-state index contributed by atoms with van der Waals surface area (Å²) in [6, 6.07) is 13.1. The Balaban J connectivity index is 1.79. The summed E-state index contributed by atoms with van der Waals surface area (Å²) in [6.45, 7) is 1.00. The third kappa shape index (κ3) is 3.57. The molecule has 0 amide bonds. The highest BCUT2D eigenvalue weighted by Crippen LogP contribution is 2.26. The van der Waals surface area contributed by atoms with Gasteiger partial charge in [-0.05, 0) is 29.3 Å². The van der Waals surface area contributed by atoms with Gasteiger partial charge in [0.05, 0.1) is 17.5 Å². The molecular weight excluding hydrogens is 311 g/mol. The molecule has 6 nitrogen and oxygen atoms in total. The predicted octanol–water partition coefficient (Wildman–Crippen LogP) is 3.59. The summed E-state index contributed by atoms with van der Waals surface area (Å²) in [4.78, 5) is 10.5. The van der Waals surface area contributed by atoms with Crippen LogP contribution in [0.2, 0.25) is 0 Å². The Morgan fingerprint density at radius 2 is 1.96 bits per heavy atom. The summed E-state index contributed by atoms with van der Waals surface area (Å²) in [5.41, 5.74) is 2.06. The number of benzene rings is 2. The van der Waals surface area contributed by atoms with Crippen molar-refractivity contribution in [1.82, 2.24) is 9.78 Å². The van der Waals surface area contributed by atoms with E-state index in [4.69, 9.17) is 0 Å². The molecule has 0 aliphatic carbocycles. The van der Waals surface area contributed by atoms with Gasteiger partial charge in [0.15, 0.2) is 0 Å². The number of nitrogens with zero attached hydrogens (tertiary/aromatic N) is 3. The maximum Gasteiger partial charge on any atom is 0.295 e. The molecule has 0 aliphatic heterocycles. The van der Waals surface area contributed by atoms with Crippen LogP contribution in [0.1, 0.15) is 11.1 Å². The molecule has 0 unspecified atom stereocenters. The van der Waals surface area contributed by atoms with E-state index >= 15 is 0 Å². The molecular formula is C17H15FN4O2. The second kappa shape index (κ2) is 6.91. The van der Waals surface area contributed by atoms with Crippen LogP contribution in [0.25, 0.3) is 0 Å². The number of nitro benzene ring substituents is 1. The Kier molecular flexibility index (Phi) is 4.51. The normalized spacial score (nSPS) is 10.5. The lowest BCUT2D eigenvalue weighted by Gasteiger charge is -2.12. The Morgan fingerprint density at radius 1 is 1.17 bits per heavy atom. The highest BCUT2D eigenvalue weighted by Gasteiger charge is 2.15. The van der Waals surface area contributed by atoms with E-state index in [1.165, 1.54) is 12.1 Å². The first kappa shape index (κ1) is 15.7. The van der Waals surface area contributed by atoms with E-state index < -0.39 is 10.7 Å². The number of halogens is 1. The minimum atomic E-state index is -0.633. The zero-order valence-corrected chi connectivity index (χ0v) is 12.7. The number of aromatic nitrogens is 2. The van der Waals surface area contributed by atoms with Gasteiger partial charge in [-0.2, -0.15) is 5.10 Å². The van der Waals surface area contributed by atoms with Gasteiger partial charge in [0.2, 0.25) is 0 Å². The molecule has 3 aromatic rings. The van der Waals surface area contributed by atoms with Crippen LogP contribution in [0.15, 0.2) is 60.9 Å². The molecule has 24 heavy (non-hydrogen) atoms. The van der Waals surface area contributed by atoms with Crippen molar-refractivity contribution in [1.29, 1.82) is 0 Å². The van der Waals surface area contributed by atoms with Crippen molar-refractivity contribution in [2.45, 2.75) is 13.1 Å². The van der Waals surface area contributed by atoms with Crippen molar-refractivity contribution in [3.8, 4) is 0 Å². The summed E-state index contributed by atoms with van der Waals surface area (Å²) >= 11 is 0. The fourth-order valence-corrected chi connectivity index (χ4v) is 2.45. The van der Waals surface area contributed by atoms with E-state index in [0.717, 1.165) is 17.2 Å². The molecule has 0 bridgehead atoms. The smallest absolute Gasteiger partial charge is 0.295 e. The maximum absolute atomic E-state index is 13.2. The molecule has 7 heteroatoms. The molecule has 0 fully saturated rings. The third-order valence-corrected chi connectivity index (χ3v) is 3.64. The Hall–Kier alpha value is -3.22. The second-order valence-electron chi connectivity index (χ2n) is 5.24. The summed E-state index contributed by atoms with van der Waals surface area (Å²) in [5.74, 6) is -0.633. The van der Waals surface area contributed by atoms with E-state index in [9.17, 15) is 14.5 Å². The number of nitro groups is 1. The minimum absolute atomic E-state index is 0.278. The number of hydrogen-bond acceptors (Lipinski definition) is 4. The lowest BCUT2D eigenvalue weighted by Crippen LogP contribution is -2.08. The van der Waals surface area contributed by atoms with Crippen LogP contribution in [-0.4, -0.2) is 14.7 Å². The monoisotopic (exact) mass is 326 g/mol. The molecule has 1 N–H and O–H groups in total. The van der Waals surface area contributed by atoms with Gasteiger partial charge in [0.1, 0.15) is 11.5 Å². The molecule has 1 heterocycles. The Morgan fingerprint density at radius 3 is 2.67 bits per heavy atom. The fourth-order valence-electron chi connectivity index (χ4n) is 2.45. The van der Waals surface area contributed by atoms with Crippen molar-refractivity contribution < 1.29 is 9.31 Å². The van der Waals surface area contributed by atoms with E-state index in [-0.39, 0.29) is 11.4 Å². The lowest BCUT2D eigenvalue weighted by atomic mass is 10.1. The van der Waals surface area contributed by atoms with Crippen molar-refractivity contribution in [3.63, 3.8) is 0 Å². The Labute approximate surface area is 137 Å². The van der Waals surface area contributed by atoms with Gasteiger partial charge in [0, 0.05) is 18.9 Å². The molecule has 0 saturated heterocycles. The van der Waals surface area contributed by atoms with Gasteiger partial charge in [-0.1, -0.05) is 24.3 Å². The first-order chi connectivity index (χ1) is 11.6. The van der Waals surface area contributed by atoms with Crippen LogP contribution >= 0.6 is 0 Å². The van der Waals surface area contributed by atoms with Crippen molar-refractivity contribution in [2.75, 3.05) is 5.32 Å². The molecule has 0 atom stereocenters. The zero-order chi connectivity index (χ0) is 16.9. The molecule has 1 aromatic heterocycles. The van der Waals surface area contributed by atoms with E-state index in [1.54, 1.807) is 10.9 Å². The summed E-state index contributed by atoms with van der Waals surface area (Å²) in [6.07, 6.45) is 3.58. The lowest BCUT2D eigenvalue weighted by molar-refractivity contribution is -0.384. The van der Waals surface area contributed by atoms with Crippen LogP contribution < -0.4 is 5.32 Å². The topological polar surface area (TPSA) is 73.0 Å². The van der Waals surface area contributed by atoms with E-state index in [0.29, 0.717) is 13.1 Å². The van der Waals surface area contributed by atoms with Crippen molar-refractivity contribution in [3.05, 3.63) is 88.0 Å². The SMILES string of the molecule is O=[N+]([O-])c1cc(F)ccc1NCc1ccccc1Cn1cccn1. The van der Waals surface area contributed by atoms with E-state index in [1.807, 2.05) is 36.5 Å². The van der Waals surface area contributed by atoms with Gasteiger partial charge >= 0.3 is 0 Å². The number of rotatable bonds is 6. The summed E-state index contributed by atoms with van der Waals surface area (Å²) in [7, 11) is 0. The largest absolute Gasteiger partial charge is 0.375 e. The van der Waals surface area contributed by atoms with Crippen LogP contribution in [0, 0.1) is 15.9 Å². The second-order valence-corrected chi connectivity index (χ2v) is 5.24. The first-order valence-electron chi connectivity index (χ1n) is 7.35. The standard InChI is InChI=1S/C17H15FN4O2/c18-15-6-7-16(17(10-15)22(23)24)19-11-13-4-1-2-5-14(13)12-21-9-3-8-20-21/h1-10,19H,11-12H2. The van der Waals surface area contributed by atoms with Gasteiger partial charge < -0.3 is 5.32 Å². The Bertz CT molecular complexity index is 850. The molecule has 2 aromatic carbocycles. The molecule has 0 saturated carbocycles. The molecule has 3 rings (SSSR count). The molecule has 0 radical (unpaired) electrons. The quantitative estimate of drug-likeness (QED) is 0.555. The third-order valence-electron chi connectivity index (χ3n) is 3.64. The van der Waals surface area contributed by atoms with Gasteiger partial charge in [-0.3, -0.25) is 14.8 Å². The van der Waals surface area contributed by atoms with Crippen molar-refractivity contribution >= 4 is 11.4 Å². The predicted molar refractivity (Wildman–Crippen MR) is 88.2 cm³/mol. The van der Waals surface area contributed by atoms with Crippen LogP contribution in [0.5, 0.6) is 0 Å². The van der Waals surface area contributed by atoms with Gasteiger partial charge in [0.25, 0.3) is 5.69 Å². The highest BCUT2D eigenvalue weighted by atomic mass is 19.1. The fraction of sp³-hybridized carbons (Fsp3) is 0.118. The van der Waals surface area contributed by atoms with Crippen LogP contribution in [0.4, 0.5) is 15.8 Å². The van der Waals surface area contributed by atoms with Gasteiger partial charge in [-0.15, -0.1) is 0 Å². The van der Waals surface area contributed by atoms with Gasteiger partial charge in [-0.25, -0.2) is 4.39 Å². The number of nitrogens with one attached hydrogen (secondary N) is 1. The molecule has 122 valence electrons. The van der Waals surface area contributed by atoms with Crippen molar-refractivity contribution in [2.24, 2.45) is 0 Å². The highest BCUT2D eigenvalue weighted by molar-refractivity contribution is 5.61. The maximum atomic E-state index is 13.2. The minimum Gasteiger partial charge on any atom is -0.375 e. The average Bonchev–Trinajstić information content (AvgIpc) is 3.08. The molecule has 0 spiro atoms. The van der Waals surface area contributed by atoms with E-state index in [2.05, 4.69) is 10.4 Å².